The molecule has 294 valence electrons. The second-order valence-corrected chi connectivity index (χ2v) is 17.3. The Balaban J connectivity index is 0.741. The molecule has 1 unspecified atom stereocenters. The van der Waals surface area contributed by atoms with E-state index in [1.165, 1.54) is 0 Å². The van der Waals surface area contributed by atoms with E-state index in [-0.39, 0.29) is 29.7 Å². The van der Waals surface area contributed by atoms with E-state index in [0.29, 0.717) is 34.2 Å². The summed E-state index contributed by atoms with van der Waals surface area (Å²) in [5, 5.41) is 2.75. The molecule has 3 aromatic rings. The SMILES string of the molecule is [C-]#[N+]c1ccc(N2CC3(CCN(c4ccc(C(=O)N5CCC(C6CN(c7ccc8c(c7)C(=O)N(C7CCC(=O)NC7=O)C8=O)C6)CC5)cc4)CC3)C[C@@H]2C)cc1Cl. The molecular formula is C44H46ClN7O5. The van der Waals surface area contributed by atoms with Crippen molar-refractivity contribution in [3.8, 4) is 0 Å². The van der Waals surface area contributed by atoms with E-state index >= 15 is 0 Å². The predicted octanol–water partition coefficient (Wildman–Crippen LogP) is 6.17. The lowest BCUT2D eigenvalue weighted by Crippen LogP contribution is -2.54. The van der Waals surface area contributed by atoms with Gasteiger partial charge in [-0.2, -0.15) is 0 Å². The maximum Gasteiger partial charge on any atom is 0.262 e. The van der Waals surface area contributed by atoms with Crippen LogP contribution in [0, 0.1) is 23.8 Å². The number of imide groups is 2. The zero-order chi connectivity index (χ0) is 39.6. The van der Waals surface area contributed by atoms with Crippen LogP contribution in [0.2, 0.25) is 5.02 Å². The van der Waals surface area contributed by atoms with Gasteiger partial charge < -0.3 is 19.6 Å². The lowest BCUT2D eigenvalue weighted by atomic mass is 9.76. The third-order valence-electron chi connectivity index (χ3n) is 13.6. The summed E-state index contributed by atoms with van der Waals surface area (Å²) in [5.74, 6) is -0.909. The van der Waals surface area contributed by atoms with Gasteiger partial charge in [-0.05, 0) is 117 Å². The van der Waals surface area contributed by atoms with Crippen LogP contribution >= 0.6 is 11.6 Å². The van der Waals surface area contributed by atoms with Crippen molar-refractivity contribution in [2.75, 3.05) is 60.5 Å². The maximum absolute atomic E-state index is 13.6. The number of carbonyl (C=O) groups excluding carboxylic acids is 5. The molecule has 3 aromatic carbocycles. The summed E-state index contributed by atoms with van der Waals surface area (Å²) < 4.78 is 0. The van der Waals surface area contributed by atoms with Gasteiger partial charge in [-0.25, -0.2) is 4.85 Å². The van der Waals surface area contributed by atoms with Crippen LogP contribution in [0.1, 0.15) is 82.9 Å². The molecule has 0 aromatic heterocycles. The highest BCUT2D eigenvalue weighted by Crippen LogP contribution is 2.46. The molecule has 9 rings (SSSR count). The molecule has 6 aliphatic rings. The fourth-order valence-corrected chi connectivity index (χ4v) is 10.5. The number of benzene rings is 3. The number of likely N-dealkylation sites (tertiary alicyclic amines) is 1. The quantitative estimate of drug-likeness (QED) is 0.233. The van der Waals surface area contributed by atoms with Gasteiger partial charge in [0.15, 0.2) is 0 Å². The highest BCUT2D eigenvalue weighted by Gasteiger charge is 2.46. The van der Waals surface area contributed by atoms with E-state index in [9.17, 15) is 24.0 Å². The normalized spacial score (nSPS) is 23.8. The van der Waals surface area contributed by atoms with Gasteiger partial charge in [-0.15, -0.1) is 0 Å². The standard InChI is InChI=1S/C44H46ClN7O5/c1-27-23-44(26-51(27)33-8-10-37(46-2)36(45)22-33)15-19-48(20-16-44)31-5-3-29(4-6-31)41(55)49-17-13-28(14-18-49)30-24-50(25-30)32-7-9-34-35(21-32)43(57)52(42(34)56)38-11-12-39(53)47-40(38)54/h3-10,21-22,27-28,30,38H,11-20,23-26H2,1H3,(H,47,53,54)/t27-,38?/m0/s1. The number of piperidine rings is 3. The van der Waals surface area contributed by atoms with Crippen molar-refractivity contribution >= 4 is 63.9 Å². The number of nitrogens with one attached hydrogen (secondary N) is 1. The number of nitrogens with zero attached hydrogens (tertiary/aromatic N) is 6. The fourth-order valence-electron chi connectivity index (χ4n) is 10.3. The fraction of sp³-hybridized carbons (Fsp3) is 0.455. The summed E-state index contributed by atoms with van der Waals surface area (Å²) in [7, 11) is 0. The molecule has 0 aliphatic carbocycles. The summed E-state index contributed by atoms with van der Waals surface area (Å²) in [6, 6.07) is 18.7. The van der Waals surface area contributed by atoms with Crippen molar-refractivity contribution in [2.45, 2.75) is 64.0 Å². The number of carbonyl (C=O) groups is 5. The maximum atomic E-state index is 13.6. The van der Waals surface area contributed by atoms with Crippen molar-refractivity contribution in [3.05, 3.63) is 93.8 Å². The van der Waals surface area contributed by atoms with Crippen molar-refractivity contribution in [1.82, 2.24) is 15.1 Å². The first-order valence-corrected chi connectivity index (χ1v) is 20.6. The Kier molecular flexibility index (Phi) is 9.47. The van der Waals surface area contributed by atoms with E-state index in [1.807, 2.05) is 41.3 Å². The molecule has 6 aliphatic heterocycles. The van der Waals surface area contributed by atoms with Gasteiger partial charge in [0, 0.05) is 85.9 Å². The monoisotopic (exact) mass is 787 g/mol. The zero-order valence-corrected chi connectivity index (χ0v) is 32.8. The van der Waals surface area contributed by atoms with Gasteiger partial charge in [0.25, 0.3) is 17.7 Å². The van der Waals surface area contributed by atoms with Crippen LogP contribution in [-0.2, 0) is 9.59 Å². The van der Waals surface area contributed by atoms with E-state index in [1.54, 1.807) is 12.1 Å². The van der Waals surface area contributed by atoms with Crippen molar-refractivity contribution < 1.29 is 24.0 Å². The number of halogens is 1. The zero-order valence-electron chi connectivity index (χ0n) is 32.1. The molecular weight excluding hydrogens is 742 g/mol. The first-order valence-electron chi connectivity index (χ1n) is 20.2. The van der Waals surface area contributed by atoms with E-state index in [4.69, 9.17) is 18.2 Å². The molecule has 2 atom stereocenters. The second-order valence-electron chi connectivity index (χ2n) is 16.9. The summed E-state index contributed by atoms with van der Waals surface area (Å²) in [6.07, 6.45) is 5.47. The van der Waals surface area contributed by atoms with E-state index in [2.05, 4.69) is 43.9 Å². The van der Waals surface area contributed by atoms with Crippen LogP contribution < -0.4 is 20.0 Å². The number of hydrogen-bond donors (Lipinski definition) is 1. The van der Waals surface area contributed by atoms with E-state index < -0.39 is 29.7 Å². The Morgan fingerprint density at radius 1 is 0.807 bits per heavy atom. The number of amides is 5. The minimum absolute atomic E-state index is 0.0844. The average molecular weight is 788 g/mol. The van der Waals surface area contributed by atoms with Crippen molar-refractivity contribution in [3.63, 3.8) is 0 Å². The lowest BCUT2D eigenvalue weighted by Gasteiger charge is -2.47. The first-order chi connectivity index (χ1) is 27.5. The highest BCUT2D eigenvalue weighted by molar-refractivity contribution is 6.33. The topological polar surface area (TPSA) is 118 Å². The van der Waals surface area contributed by atoms with Crippen LogP contribution in [0.5, 0.6) is 0 Å². The minimum atomic E-state index is -0.976. The Bertz CT molecular complexity index is 2200. The first kappa shape index (κ1) is 37.2. The molecule has 13 heteroatoms. The number of anilines is 3. The summed E-state index contributed by atoms with van der Waals surface area (Å²) in [4.78, 5) is 77.6. The van der Waals surface area contributed by atoms with Gasteiger partial charge in [0.1, 0.15) is 6.04 Å². The van der Waals surface area contributed by atoms with Crippen molar-refractivity contribution in [1.29, 1.82) is 0 Å². The van der Waals surface area contributed by atoms with Crippen LogP contribution in [0.25, 0.3) is 4.85 Å². The highest BCUT2D eigenvalue weighted by atomic mass is 35.5. The van der Waals surface area contributed by atoms with Gasteiger partial charge in [-0.3, -0.25) is 34.2 Å². The van der Waals surface area contributed by atoms with Crippen LogP contribution in [0.4, 0.5) is 22.7 Å². The molecule has 12 nitrogen and oxygen atoms in total. The minimum Gasteiger partial charge on any atom is -0.371 e. The molecule has 0 radical (unpaired) electrons. The third-order valence-corrected chi connectivity index (χ3v) is 13.9. The van der Waals surface area contributed by atoms with Crippen LogP contribution in [0.15, 0.2) is 60.7 Å². The average Bonchev–Trinajstić information content (AvgIpc) is 3.65. The summed E-state index contributed by atoms with van der Waals surface area (Å²) in [6.45, 7) is 15.7. The second kappa shape index (κ2) is 14.5. The molecule has 5 fully saturated rings. The molecule has 1 N–H and O–H groups in total. The smallest absolute Gasteiger partial charge is 0.262 e. The molecule has 57 heavy (non-hydrogen) atoms. The van der Waals surface area contributed by atoms with Crippen molar-refractivity contribution in [2.24, 2.45) is 17.3 Å². The largest absolute Gasteiger partial charge is 0.371 e. The molecule has 0 bridgehead atoms. The summed E-state index contributed by atoms with van der Waals surface area (Å²) in [5.41, 5.74) is 5.19. The Morgan fingerprint density at radius 3 is 2.18 bits per heavy atom. The number of fused-ring (bicyclic) bond motifs is 1. The van der Waals surface area contributed by atoms with Gasteiger partial charge in [0.2, 0.25) is 17.5 Å². The van der Waals surface area contributed by atoms with Gasteiger partial charge in [-0.1, -0.05) is 17.7 Å². The Labute approximate surface area is 337 Å². The van der Waals surface area contributed by atoms with E-state index in [0.717, 1.165) is 105 Å². The molecule has 6 heterocycles. The Morgan fingerprint density at radius 2 is 1.49 bits per heavy atom. The van der Waals surface area contributed by atoms with Gasteiger partial charge >= 0.3 is 0 Å². The number of hydrogen-bond acceptors (Lipinski definition) is 8. The predicted molar refractivity (Wildman–Crippen MR) is 217 cm³/mol. The lowest BCUT2D eigenvalue weighted by molar-refractivity contribution is -0.136. The van der Waals surface area contributed by atoms with Gasteiger partial charge in [0.05, 0.1) is 17.7 Å². The molecule has 0 saturated carbocycles. The van der Waals surface area contributed by atoms with Crippen LogP contribution in [-0.4, -0.2) is 97.2 Å². The molecule has 5 amide bonds. The van der Waals surface area contributed by atoms with Crippen LogP contribution in [0.3, 0.4) is 0 Å². The third kappa shape index (κ3) is 6.69. The number of rotatable bonds is 6. The summed E-state index contributed by atoms with van der Waals surface area (Å²) >= 11 is 6.38. The Hall–Kier alpha value is -5.41. The molecule has 1 spiro atoms. The molecule has 5 saturated heterocycles.